The number of hydrogen-bond acceptors (Lipinski definition) is 5. The highest BCUT2D eigenvalue weighted by molar-refractivity contribution is 6.14. The van der Waals surface area contributed by atoms with Gasteiger partial charge in [0.05, 0.1) is 24.8 Å². The Labute approximate surface area is 184 Å². The van der Waals surface area contributed by atoms with Gasteiger partial charge >= 0.3 is 0 Å². The van der Waals surface area contributed by atoms with Crippen molar-refractivity contribution < 1.29 is 13.5 Å². The summed E-state index contributed by atoms with van der Waals surface area (Å²) < 4.78 is 31.6. The molecule has 7 heteroatoms. The highest BCUT2D eigenvalue weighted by Crippen LogP contribution is 2.31. The van der Waals surface area contributed by atoms with E-state index >= 15 is 0 Å². The Balaban J connectivity index is 1.71. The van der Waals surface area contributed by atoms with E-state index in [1.807, 2.05) is 44.4 Å². The van der Waals surface area contributed by atoms with Crippen LogP contribution in [0.15, 0.2) is 63.3 Å². The molecule has 0 radical (unpaired) electrons. The zero-order valence-electron chi connectivity index (χ0n) is 19.2. The molecule has 1 unspecified atom stereocenters. The Hall–Kier alpha value is -2.41. The van der Waals surface area contributed by atoms with Crippen LogP contribution in [-0.2, 0) is 4.74 Å². The van der Waals surface area contributed by atoms with Gasteiger partial charge in [0, 0.05) is 37.6 Å². The van der Waals surface area contributed by atoms with E-state index in [9.17, 15) is 8.78 Å². The van der Waals surface area contributed by atoms with E-state index in [1.165, 1.54) is 17.6 Å². The van der Waals surface area contributed by atoms with Crippen molar-refractivity contribution in [1.29, 1.82) is 0 Å². The Bertz CT molecular complexity index is 869. The van der Waals surface area contributed by atoms with E-state index in [1.54, 1.807) is 0 Å². The Morgan fingerprint density at radius 3 is 2.74 bits per heavy atom. The number of alkyl halides is 2. The first kappa shape index (κ1) is 23.3. The van der Waals surface area contributed by atoms with Crippen LogP contribution in [0.4, 0.5) is 8.78 Å². The maximum atomic E-state index is 13.1. The molecule has 1 atom stereocenters. The number of nitrogens with one attached hydrogen (secondary N) is 2. The first-order valence-corrected chi connectivity index (χ1v) is 10.9. The molecule has 31 heavy (non-hydrogen) atoms. The molecule has 1 saturated carbocycles. The number of ether oxygens (including phenoxy) is 1. The molecule has 5 nitrogen and oxygen atoms in total. The summed E-state index contributed by atoms with van der Waals surface area (Å²) in [6, 6.07) is 0.103. The van der Waals surface area contributed by atoms with Crippen LogP contribution in [-0.4, -0.2) is 56.4 Å². The average molecular weight is 433 g/mol. The molecule has 0 spiro atoms. The van der Waals surface area contributed by atoms with Crippen LogP contribution in [0.3, 0.4) is 0 Å². The molecule has 0 saturated heterocycles. The molecule has 1 aliphatic carbocycles. The summed E-state index contributed by atoms with van der Waals surface area (Å²) in [6.07, 6.45) is 11.6. The van der Waals surface area contributed by atoms with Crippen LogP contribution in [0.2, 0.25) is 0 Å². The van der Waals surface area contributed by atoms with Crippen molar-refractivity contribution in [2.75, 3.05) is 33.8 Å². The van der Waals surface area contributed by atoms with Gasteiger partial charge in [0.1, 0.15) is 5.76 Å². The van der Waals surface area contributed by atoms with Crippen LogP contribution in [0.5, 0.6) is 0 Å². The van der Waals surface area contributed by atoms with Gasteiger partial charge in [-0.2, -0.15) is 0 Å². The number of nitrogens with zero attached hydrogens (tertiary/aromatic N) is 2. The summed E-state index contributed by atoms with van der Waals surface area (Å²) >= 11 is 0. The summed E-state index contributed by atoms with van der Waals surface area (Å²) in [5.74, 6) is -2.25. The number of likely N-dealkylation sites (N-methyl/N-ethyl adjacent to an activating group) is 2. The first-order chi connectivity index (χ1) is 14.7. The van der Waals surface area contributed by atoms with Crippen molar-refractivity contribution in [3.8, 4) is 0 Å². The van der Waals surface area contributed by atoms with E-state index < -0.39 is 12.5 Å². The third-order valence-electron chi connectivity index (χ3n) is 5.98. The van der Waals surface area contributed by atoms with Crippen molar-refractivity contribution in [3.63, 3.8) is 0 Å². The van der Waals surface area contributed by atoms with E-state index in [-0.39, 0.29) is 6.04 Å². The van der Waals surface area contributed by atoms with Gasteiger partial charge in [-0.3, -0.25) is 4.99 Å². The highest BCUT2D eigenvalue weighted by Gasteiger charge is 2.25. The summed E-state index contributed by atoms with van der Waals surface area (Å²) in [5.41, 5.74) is 6.91. The monoisotopic (exact) mass is 432 g/mol. The zero-order valence-corrected chi connectivity index (χ0v) is 19.2. The number of hydrogen-bond donors (Lipinski definition) is 2. The molecule has 3 aliphatic rings. The maximum absolute atomic E-state index is 13.1. The van der Waals surface area contributed by atoms with Crippen LogP contribution < -0.4 is 10.6 Å². The lowest BCUT2D eigenvalue weighted by Crippen LogP contribution is -2.34. The largest absolute Gasteiger partial charge is 0.490 e. The standard InChI is InChI=1S/C24H34F2N4O/c1-16-11-19(30(5)14-22(16)31-15-24(3,25)26)12-28-13-20-21(27-4)9-10-29-23(20)17(2)18-7-6-8-18/h9-11,13,21,27-28H,6-8,12,14-15H2,1-5H3/b20-13+. The summed E-state index contributed by atoms with van der Waals surface area (Å²) in [4.78, 5) is 6.70. The van der Waals surface area contributed by atoms with Gasteiger partial charge in [-0.1, -0.05) is 5.57 Å². The topological polar surface area (TPSA) is 48.9 Å². The van der Waals surface area contributed by atoms with Gasteiger partial charge in [-0.05, 0) is 63.5 Å². The lowest BCUT2D eigenvalue weighted by Gasteiger charge is -2.30. The van der Waals surface area contributed by atoms with Gasteiger partial charge in [0.15, 0.2) is 6.61 Å². The lowest BCUT2D eigenvalue weighted by molar-refractivity contribution is -0.0465. The molecule has 0 aromatic heterocycles. The minimum atomic E-state index is -2.84. The van der Waals surface area contributed by atoms with Gasteiger partial charge in [-0.15, -0.1) is 0 Å². The molecule has 3 rings (SSSR count). The van der Waals surface area contributed by atoms with Crippen molar-refractivity contribution in [2.45, 2.75) is 52.0 Å². The fraction of sp³-hybridized carbons (Fsp3) is 0.542. The van der Waals surface area contributed by atoms with E-state index in [2.05, 4.69) is 28.6 Å². The van der Waals surface area contributed by atoms with Crippen LogP contribution in [0, 0.1) is 0 Å². The second-order valence-electron chi connectivity index (χ2n) is 8.61. The van der Waals surface area contributed by atoms with Crippen LogP contribution >= 0.6 is 0 Å². The van der Waals surface area contributed by atoms with Crippen molar-refractivity contribution in [3.05, 3.63) is 58.3 Å². The maximum Gasteiger partial charge on any atom is 0.278 e. The Morgan fingerprint density at radius 1 is 1.39 bits per heavy atom. The quantitative estimate of drug-likeness (QED) is 0.601. The molecule has 2 aliphatic heterocycles. The van der Waals surface area contributed by atoms with Gasteiger partial charge < -0.3 is 20.3 Å². The van der Waals surface area contributed by atoms with Crippen molar-refractivity contribution >= 4 is 5.71 Å². The second kappa shape index (κ2) is 9.81. The van der Waals surface area contributed by atoms with E-state index in [4.69, 9.17) is 4.74 Å². The number of halogens is 2. The average Bonchev–Trinajstić information content (AvgIpc) is 2.67. The first-order valence-electron chi connectivity index (χ1n) is 10.9. The normalized spacial score (nSPS) is 22.9. The SMILES string of the molecule is CNC1C=CN=C(C(C)=C2CCC2)/C1=C/NCC1=CC(C)=C(OCC(C)(F)F)CN1C. The number of rotatable bonds is 8. The predicted molar refractivity (Wildman–Crippen MR) is 122 cm³/mol. The van der Waals surface area contributed by atoms with Gasteiger partial charge in [0.25, 0.3) is 5.92 Å². The molecule has 0 amide bonds. The third kappa shape index (κ3) is 5.85. The van der Waals surface area contributed by atoms with E-state index in [0.717, 1.165) is 42.3 Å². The van der Waals surface area contributed by atoms with E-state index in [0.29, 0.717) is 18.8 Å². The minimum Gasteiger partial charge on any atom is -0.490 e. The minimum absolute atomic E-state index is 0.103. The Morgan fingerprint density at radius 2 is 2.13 bits per heavy atom. The van der Waals surface area contributed by atoms with Crippen molar-refractivity contribution in [2.24, 2.45) is 4.99 Å². The molecule has 2 N–H and O–H groups in total. The Kier molecular flexibility index (Phi) is 7.36. The van der Waals surface area contributed by atoms with Crippen LogP contribution in [0.25, 0.3) is 0 Å². The van der Waals surface area contributed by atoms with Gasteiger partial charge in [-0.25, -0.2) is 8.78 Å². The summed E-state index contributed by atoms with van der Waals surface area (Å²) in [5, 5.41) is 6.78. The summed E-state index contributed by atoms with van der Waals surface area (Å²) in [6.45, 7) is 5.43. The fourth-order valence-corrected chi connectivity index (χ4v) is 3.86. The molecule has 0 aromatic rings. The van der Waals surface area contributed by atoms with Gasteiger partial charge in [0.2, 0.25) is 0 Å². The molecule has 2 heterocycles. The molecular formula is C24H34F2N4O. The molecule has 170 valence electrons. The van der Waals surface area contributed by atoms with Crippen molar-refractivity contribution in [1.82, 2.24) is 15.5 Å². The highest BCUT2D eigenvalue weighted by atomic mass is 19.3. The van der Waals surface area contributed by atoms with Crippen LogP contribution in [0.1, 0.15) is 40.0 Å². The number of allylic oxidation sites excluding steroid dienone is 4. The molecule has 0 aromatic carbocycles. The predicted octanol–water partition coefficient (Wildman–Crippen LogP) is 4.29. The molecular weight excluding hydrogens is 398 g/mol. The molecule has 1 fully saturated rings. The summed E-state index contributed by atoms with van der Waals surface area (Å²) in [7, 11) is 3.89. The third-order valence-corrected chi connectivity index (χ3v) is 5.98. The fourth-order valence-electron chi connectivity index (χ4n) is 3.86. The lowest BCUT2D eigenvalue weighted by atomic mass is 9.84. The smallest absolute Gasteiger partial charge is 0.278 e. The zero-order chi connectivity index (χ0) is 22.6. The second-order valence-corrected chi connectivity index (χ2v) is 8.61. The number of aliphatic imine (C=N–C) groups is 1. The molecule has 0 bridgehead atoms.